The lowest BCUT2D eigenvalue weighted by atomic mass is 9.88. The zero-order valence-corrected chi connectivity index (χ0v) is 17.9. The van der Waals surface area contributed by atoms with Crippen LogP contribution in [0.25, 0.3) is 45.0 Å². The summed E-state index contributed by atoms with van der Waals surface area (Å²) in [5.74, 6) is 0.766. The first-order valence-corrected chi connectivity index (χ1v) is 11.2. The van der Waals surface area contributed by atoms with Gasteiger partial charge in [-0.2, -0.15) is 5.10 Å². The number of nitrogens with zero attached hydrogens (tertiary/aromatic N) is 5. The molecule has 0 saturated heterocycles. The molecule has 1 aliphatic rings. The fraction of sp³-hybridized carbons (Fsp3) is 0.250. The van der Waals surface area contributed by atoms with E-state index in [0.717, 1.165) is 48.0 Å². The Hall–Kier alpha value is -4.14. The Morgan fingerprint density at radius 1 is 1.06 bits per heavy atom. The lowest BCUT2D eigenvalue weighted by Crippen LogP contribution is -2.24. The Bertz CT molecular complexity index is 1430. The number of nitrogens with one attached hydrogen (secondary N) is 3. The standard InChI is InChI=1S/C24H22N8O/c33-24(14-5-2-1-3-6-14)27-16-11-15(12-25-13-16)17-8-9-18-20(28-17)21(32-31-18)23-29-19-7-4-10-26-22(19)30-23/h4,7-14H,1-3,5-6H2,(H,27,33)(H,31,32)(H,26,29,30). The summed E-state index contributed by atoms with van der Waals surface area (Å²) in [7, 11) is 0. The Morgan fingerprint density at radius 2 is 1.97 bits per heavy atom. The summed E-state index contributed by atoms with van der Waals surface area (Å²) in [6.07, 6.45) is 10.5. The summed E-state index contributed by atoms with van der Waals surface area (Å²) in [4.78, 5) is 33.9. The molecular weight excluding hydrogens is 416 g/mol. The van der Waals surface area contributed by atoms with Crippen molar-refractivity contribution >= 4 is 33.8 Å². The van der Waals surface area contributed by atoms with Gasteiger partial charge in [-0.05, 0) is 43.2 Å². The highest BCUT2D eigenvalue weighted by Crippen LogP contribution is 2.29. The summed E-state index contributed by atoms with van der Waals surface area (Å²) < 4.78 is 0. The van der Waals surface area contributed by atoms with Crippen LogP contribution in [0.3, 0.4) is 0 Å². The normalized spacial score (nSPS) is 14.7. The second kappa shape index (κ2) is 8.09. The Balaban J connectivity index is 1.32. The van der Waals surface area contributed by atoms with Crippen LogP contribution < -0.4 is 5.32 Å². The van der Waals surface area contributed by atoms with Gasteiger partial charge >= 0.3 is 0 Å². The number of anilines is 1. The number of aromatic nitrogens is 7. The number of imidazole rings is 1. The van der Waals surface area contributed by atoms with Gasteiger partial charge in [0.05, 0.1) is 23.1 Å². The van der Waals surface area contributed by atoms with Crippen molar-refractivity contribution in [3.05, 3.63) is 48.9 Å². The minimum absolute atomic E-state index is 0.0766. The third-order valence-corrected chi connectivity index (χ3v) is 6.16. The topological polar surface area (TPSA) is 125 Å². The molecule has 0 bridgehead atoms. The highest BCUT2D eigenvalue weighted by molar-refractivity contribution is 5.94. The maximum atomic E-state index is 12.6. The second-order valence-electron chi connectivity index (χ2n) is 8.41. The highest BCUT2D eigenvalue weighted by atomic mass is 16.1. The molecule has 0 aliphatic heterocycles. The van der Waals surface area contributed by atoms with Gasteiger partial charge in [0, 0.05) is 23.9 Å². The third-order valence-electron chi connectivity index (χ3n) is 6.16. The van der Waals surface area contributed by atoms with Crippen LogP contribution in [-0.2, 0) is 4.79 Å². The lowest BCUT2D eigenvalue weighted by molar-refractivity contribution is -0.120. The number of rotatable bonds is 4. The van der Waals surface area contributed by atoms with E-state index in [4.69, 9.17) is 4.98 Å². The zero-order valence-electron chi connectivity index (χ0n) is 17.9. The van der Waals surface area contributed by atoms with Crippen molar-refractivity contribution in [2.45, 2.75) is 32.1 Å². The summed E-state index contributed by atoms with van der Waals surface area (Å²) >= 11 is 0. The maximum Gasteiger partial charge on any atom is 0.227 e. The Kier molecular flexibility index (Phi) is 4.79. The quantitative estimate of drug-likeness (QED) is 0.380. The van der Waals surface area contributed by atoms with Gasteiger partial charge in [-0.1, -0.05) is 19.3 Å². The van der Waals surface area contributed by atoms with Crippen LogP contribution in [0.4, 0.5) is 5.69 Å². The number of pyridine rings is 3. The Morgan fingerprint density at radius 3 is 2.85 bits per heavy atom. The highest BCUT2D eigenvalue weighted by Gasteiger charge is 2.21. The molecule has 0 unspecified atom stereocenters. The maximum absolute atomic E-state index is 12.6. The SMILES string of the molecule is O=C(Nc1cncc(-c2ccc3[nH]nc(-c4nc5cccnc5[nH]4)c3n2)c1)C1CCCCC1. The average Bonchev–Trinajstić information content (AvgIpc) is 3.48. The minimum atomic E-state index is 0.0766. The largest absolute Gasteiger partial charge is 0.324 e. The van der Waals surface area contributed by atoms with E-state index in [0.29, 0.717) is 28.4 Å². The van der Waals surface area contributed by atoms with Crippen molar-refractivity contribution in [1.82, 2.24) is 35.1 Å². The molecule has 0 spiro atoms. The van der Waals surface area contributed by atoms with Crippen molar-refractivity contribution in [2.75, 3.05) is 5.32 Å². The van der Waals surface area contributed by atoms with Crippen LogP contribution >= 0.6 is 0 Å². The van der Waals surface area contributed by atoms with Gasteiger partial charge in [-0.3, -0.25) is 14.9 Å². The van der Waals surface area contributed by atoms with Gasteiger partial charge in [0.15, 0.2) is 17.2 Å². The lowest BCUT2D eigenvalue weighted by Gasteiger charge is -2.20. The zero-order chi connectivity index (χ0) is 22.2. The first-order chi connectivity index (χ1) is 16.2. The fourth-order valence-corrected chi connectivity index (χ4v) is 4.44. The molecule has 9 heteroatoms. The number of H-pyrrole nitrogens is 2. The van der Waals surface area contributed by atoms with Crippen molar-refractivity contribution in [3.63, 3.8) is 0 Å². The smallest absolute Gasteiger partial charge is 0.227 e. The number of hydrogen-bond donors (Lipinski definition) is 3. The van der Waals surface area contributed by atoms with E-state index >= 15 is 0 Å². The minimum Gasteiger partial charge on any atom is -0.324 e. The second-order valence-corrected chi connectivity index (χ2v) is 8.41. The molecule has 0 atom stereocenters. The number of fused-ring (bicyclic) bond motifs is 2. The summed E-state index contributed by atoms with van der Waals surface area (Å²) in [6.45, 7) is 0. The molecule has 1 fully saturated rings. The molecule has 0 radical (unpaired) electrons. The molecule has 5 heterocycles. The summed E-state index contributed by atoms with van der Waals surface area (Å²) in [5.41, 5.74) is 5.83. The van der Waals surface area contributed by atoms with E-state index < -0.39 is 0 Å². The van der Waals surface area contributed by atoms with Crippen molar-refractivity contribution in [3.8, 4) is 22.8 Å². The molecule has 1 amide bonds. The van der Waals surface area contributed by atoms with E-state index in [1.807, 2.05) is 30.3 Å². The molecular formula is C24H22N8O. The van der Waals surface area contributed by atoms with Crippen LogP contribution in [0.5, 0.6) is 0 Å². The van der Waals surface area contributed by atoms with Gasteiger partial charge in [0.2, 0.25) is 5.91 Å². The predicted molar refractivity (Wildman–Crippen MR) is 125 cm³/mol. The molecule has 9 nitrogen and oxygen atoms in total. The third kappa shape index (κ3) is 3.71. The number of aromatic amines is 2. The molecule has 5 aromatic heterocycles. The van der Waals surface area contributed by atoms with E-state index in [1.54, 1.807) is 18.6 Å². The van der Waals surface area contributed by atoms with Crippen molar-refractivity contribution in [1.29, 1.82) is 0 Å². The molecule has 5 aromatic rings. The first kappa shape index (κ1) is 19.5. The van der Waals surface area contributed by atoms with Crippen LogP contribution in [0, 0.1) is 5.92 Å². The van der Waals surface area contributed by atoms with E-state index in [2.05, 4.69) is 35.5 Å². The molecule has 3 N–H and O–H groups in total. The predicted octanol–water partition coefficient (Wildman–Crippen LogP) is 4.48. The molecule has 33 heavy (non-hydrogen) atoms. The monoisotopic (exact) mass is 438 g/mol. The van der Waals surface area contributed by atoms with E-state index in [-0.39, 0.29) is 11.8 Å². The van der Waals surface area contributed by atoms with Gasteiger partial charge in [-0.15, -0.1) is 0 Å². The summed E-state index contributed by atoms with van der Waals surface area (Å²) in [6, 6.07) is 9.50. The molecule has 0 aromatic carbocycles. The van der Waals surface area contributed by atoms with Crippen LogP contribution in [0.15, 0.2) is 48.9 Å². The van der Waals surface area contributed by atoms with Gasteiger partial charge < -0.3 is 10.3 Å². The molecule has 6 rings (SSSR count). The number of carbonyl (C=O) groups excluding carboxylic acids is 1. The van der Waals surface area contributed by atoms with Gasteiger partial charge in [0.1, 0.15) is 11.0 Å². The average molecular weight is 438 g/mol. The fourth-order valence-electron chi connectivity index (χ4n) is 4.44. The molecule has 1 saturated carbocycles. The van der Waals surface area contributed by atoms with Crippen LogP contribution in [0.2, 0.25) is 0 Å². The van der Waals surface area contributed by atoms with Crippen LogP contribution in [-0.4, -0.2) is 41.0 Å². The molecule has 164 valence electrons. The first-order valence-electron chi connectivity index (χ1n) is 11.2. The van der Waals surface area contributed by atoms with Crippen molar-refractivity contribution in [2.24, 2.45) is 5.92 Å². The Labute approximate surface area is 189 Å². The number of amides is 1. The van der Waals surface area contributed by atoms with E-state index in [9.17, 15) is 4.79 Å². The summed E-state index contributed by atoms with van der Waals surface area (Å²) in [5, 5.41) is 10.5. The van der Waals surface area contributed by atoms with E-state index in [1.165, 1.54) is 6.42 Å². The van der Waals surface area contributed by atoms with Gasteiger partial charge in [0.25, 0.3) is 0 Å². The van der Waals surface area contributed by atoms with Gasteiger partial charge in [-0.25, -0.2) is 15.0 Å². The molecule has 1 aliphatic carbocycles. The number of carbonyl (C=O) groups is 1. The number of hydrogen-bond acceptors (Lipinski definition) is 6. The van der Waals surface area contributed by atoms with Crippen molar-refractivity contribution < 1.29 is 4.79 Å². The van der Waals surface area contributed by atoms with Crippen LogP contribution in [0.1, 0.15) is 32.1 Å².